The summed E-state index contributed by atoms with van der Waals surface area (Å²) in [6, 6.07) is 13.5. The number of carbonyl (C=O) groups is 2. The Labute approximate surface area is 209 Å². The summed E-state index contributed by atoms with van der Waals surface area (Å²) in [6.45, 7) is 0.434. The molecule has 1 amide bonds. The molecule has 1 heterocycles. The first-order valence-electron chi connectivity index (χ1n) is 12.2. The number of hydrogen-bond donors (Lipinski definition) is 2. The predicted molar refractivity (Wildman–Crippen MR) is 132 cm³/mol. The van der Waals surface area contributed by atoms with E-state index in [0.29, 0.717) is 30.7 Å². The highest BCUT2D eigenvalue weighted by Gasteiger charge is 2.61. The molecule has 1 saturated carbocycles. The lowest BCUT2D eigenvalue weighted by molar-refractivity contribution is -0.137. The van der Waals surface area contributed by atoms with Crippen molar-refractivity contribution >= 4 is 17.6 Å². The van der Waals surface area contributed by atoms with E-state index in [2.05, 4.69) is 28.6 Å². The summed E-state index contributed by atoms with van der Waals surface area (Å²) < 4.78 is 7.76. The number of hydrogen-bond acceptors (Lipinski definition) is 5. The SMILES string of the molecule is Cn1cc(COc2ccc3c(c2)[C@]2(CC3)C[C@H]2C(=O)Nc2cc(C#N)ccc2CCCC(=O)O)cn1. The molecule has 2 aliphatic carbocycles. The van der Waals surface area contributed by atoms with Gasteiger partial charge in [0.2, 0.25) is 5.91 Å². The number of carboxylic acid groups (broad SMARTS) is 1. The van der Waals surface area contributed by atoms with Crippen molar-refractivity contribution in [1.29, 1.82) is 5.26 Å². The summed E-state index contributed by atoms with van der Waals surface area (Å²) in [6.07, 6.45) is 7.39. The summed E-state index contributed by atoms with van der Waals surface area (Å²) >= 11 is 0. The number of benzene rings is 2. The summed E-state index contributed by atoms with van der Waals surface area (Å²) in [5.41, 5.74) is 5.17. The van der Waals surface area contributed by atoms with E-state index in [0.717, 1.165) is 36.1 Å². The zero-order valence-corrected chi connectivity index (χ0v) is 20.2. The number of carboxylic acids is 1. The third kappa shape index (κ3) is 4.69. The zero-order chi connectivity index (χ0) is 25.3. The molecule has 2 atom stereocenters. The van der Waals surface area contributed by atoms with Crippen LogP contribution >= 0.6 is 0 Å². The first kappa shape index (κ1) is 23.6. The minimum absolute atomic E-state index is 0.0564. The van der Waals surface area contributed by atoms with E-state index in [4.69, 9.17) is 9.84 Å². The van der Waals surface area contributed by atoms with Crippen LogP contribution in [0, 0.1) is 17.2 Å². The van der Waals surface area contributed by atoms with Crippen LogP contribution in [0.25, 0.3) is 0 Å². The number of rotatable bonds is 9. The topological polar surface area (TPSA) is 117 Å². The van der Waals surface area contributed by atoms with Gasteiger partial charge in [-0.3, -0.25) is 14.3 Å². The maximum atomic E-state index is 13.3. The van der Waals surface area contributed by atoms with Crippen LogP contribution < -0.4 is 10.1 Å². The lowest BCUT2D eigenvalue weighted by Crippen LogP contribution is -2.20. The lowest BCUT2D eigenvalue weighted by Gasteiger charge is -2.15. The Bertz CT molecular complexity index is 1370. The molecule has 0 radical (unpaired) electrons. The molecule has 1 fully saturated rings. The Morgan fingerprint density at radius 2 is 2.17 bits per heavy atom. The van der Waals surface area contributed by atoms with Crippen molar-refractivity contribution in [2.45, 2.75) is 50.5 Å². The highest BCUT2D eigenvalue weighted by Crippen LogP contribution is 2.62. The van der Waals surface area contributed by atoms with Gasteiger partial charge in [-0.05, 0) is 73.1 Å². The van der Waals surface area contributed by atoms with Crippen molar-refractivity contribution in [3.05, 3.63) is 76.6 Å². The lowest BCUT2D eigenvalue weighted by atomic mass is 9.94. The van der Waals surface area contributed by atoms with Crippen molar-refractivity contribution in [3.8, 4) is 11.8 Å². The number of nitriles is 1. The Hall–Kier alpha value is -4.12. The van der Waals surface area contributed by atoms with Gasteiger partial charge in [0, 0.05) is 42.2 Å². The fraction of sp³-hybridized carbons (Fsp3) is 0.357. The molecule has 2 N–H and O–H groups in total. The van der Waals surface area contributed by atoms with Crippen molar-refractivity contribution in [1.82, 2.24) is 9.78 Å². The van der Waals surface area contributed by atoms with Crippen LogP contribution in [0.3, 0.4) is 0 Å². The first-order chi connectivity index (χ1) is 17.4. The molecule has 8 heteroatoms. The maximum absolute atomic E-state index is 13.3. The van der Waals surface area contributed by atoms with E-state index in [1.807, 2.05) is 19.3 Å². The van der Waals surface area contributed by atoms with Gasteiger partial charge in [-0.15, -0.1) is 0 Å². The maximum Gasteiger partial charge on any atom is 0.303 e. The smallest absolute Gasteiger partial charge is 0.303 e. The molecular formula is C28H28N4O4. The third-order valence-corrected chi connectivity index (χ3v) is 7.35. The Kier molecular flexibility index (Phi) is 6.23. The van der Waals surface area contributed by atoms with Crippen LogP contribution in [-0.2, 0) is 41.5 Å². The van der Waals surface area contributed by atoms with Gasteiger partial charge in [-0.2, -0.15) is 10.4 Å². The van der Waals surface area contributed by atoms with E-state index < -0.39 is 5.97 Å². The summed E-state index contributed by atoms with van der Waals surface area (Å²) in [5, 5.41) is 25.5. The van der Waals surface area contributed by atoms with Crippen LogP contribution in [0.5, 0.6) is 5.75 Å². The average Bonchev–Trinajstić information content (AvgIpc) is 3.29. The predicted octanol–water partition coefficient (Wildman–Crippen LogP) is 4.12. The minimum atomic E-state index is -0.849. The quantitative estimate of drug-likeness (QED) is 0.472. The van der Waals surface area contributed by atoms with E-state index in [1.165, 1.54) is 11.1 Å². The monoisotopic (exact) mass is 484 g/mol. The number of ether oxygens (including phenoxy) is 1. The number of aromatic nitrogens is 2. The van der Waals surface area contributed by atoms with Gasteiger partial charge < -0.3 is 15.2 Å². The van der Waals surface area contributed by atoms with E-state index >= 15 is 0 Å². The molecule has 2 aliphatic rings. The average molecular weight is 485 g/mol. The fourth-order valence-corrected chi connectivity index (χ4v) is 5.39. The Morgan fingerprint density at radius 1 is 1.31 bits per heavy atom. The van der Waals surface area contributed by atoms with Crippen LogP contribution in [0.4, 0.5) is 5.69 Å². The van der Waals surface area contributed by atoms with Crippen LogP contribution in [0.1, 0.15) is 53.5 Å². The number of fused-ring (bicyclic) bond motifs is 2. The molecular weight excluding hydrogens is 456 g/mol. The number of nitrogens with zero attached hydrogens (tertiary/aromatic N) is 3. The molecule has 0 unspecified atom stereocenters. The minimum Gasteiger partial charge on any atom is -0.489 e. The number of anilines is 1. The molecule has 0 saturated heterocycles. The van der Waals surface area contributed by atoms with Gasteiger partial charge in [0.1, 0.15) is 12.4 Å². The number of nitrogens with one attached hydrogen (secondary N) is 1. The normalized spacial score (nSPS) is 19.5. The number of aliphatic carboxylic acids is 1. The fourth-order valence-electron chi connectivity index (χ4n) is 5.39. The molecule has 0 aliphatic heterocycles. The molecule has 36 heavy (non-hydrogen) atoms. The highest BCUT2D eigenvalue weighted by atomic mass is 16.5. The summed E-state index contributed by atoms with van der Waals surface area (Å²) in [7, 11) is 1.87. The molecule has 8 nitrogen and oxygen atoms in total. The van der Waals surface area contributed by atoms with Crippen molar-refractivity contribution < 1.29 is 19.4 Å². The number of amides is 1. The second-order valence-electron chi connectivity index (χ2n) is 9.76. The van der Waals surface area contributed by atoms with Gasteiger partial charge >= 0.3 is 5.97 Å². The van der Waals surface area contributed by atoms with Gasteiger partial charge in [0.25, 0.3) is 0 Å². The van der Waals surface area contributed by atoms with Gasteiger partial charge in [-0.1, -0.05) is 12.1 Å². The van der Waals surface area contributed by atoms with Crippen molar-refractivity contribution in [3.63, 3.8) is 0 Å². The molecule has 1 aromatic heterocycles. The second kappa shape index (κ2) is 9.50. The van der Waals surface area contributed by atoms with Crippen molar-refractivity contribution in [2.24, 2.45) is 13.0 Å². The Balaban J connectivity index is 1.29. The van der Waals surface area contributed by atoms with Gasteiger partial charge in [0.05, 0.1) is 17.8 Å². The van der Waals surface area contributed by atoms with Crippen LogP contribution in [0.2, 0.25) is 0 Å². The van der Waals surface area contributed by atoms with E-state index in [1.54, 1.807) is 29.1 Å². The molecule has 3 aromatic rings. The van der Waals surface area contributed by atoms with Gasteiger partial charge in [-0.25, -0.2) is 0 Å². The Morgan fingerprint density at radius 3 is 2.92 bits per heavy atom. The standard InChI is InChI=1S/C28H28N4O4/c1-32-16-19(15-30-32)17-36-22-8-7-20-9-10-28(23(20)12-22)13-24(28)27(35)31-25-11-18(14-29)5-6-21(25)3-2-4-26(33)34/h5-8,11-12,15-16,24H,2-4,9-10,13,17H2,1H3,(H,31,35)(H,33,34)/t24-,28-/m0/s1. The largest absolute Gasteiger partial charge is 0.489 e. The number of aryl methyl sites for hydroxylation is 3. The first-order valence-corrected chi connectivity index (χ1v) is 12.2. The molecule has 1 spiro atoms. The molecule has 5 rings (SSSR count). The number of carbonyl (C=O) groups excluding carboxylic acids is 1. The molecule has 0 bridgehead atoms. The van der Waals surface area contributed by atoms with E-state index in [9.17, 15) is 14.9 Å². The van der Waals surface area contributed by atoms with E-state index in [-0.39, 0.29) is 23.7 Å². The highest BCUT2D eigenvalue weighted by molar-refractivity contribution is 5.97. The van der Waals surface area contributed by atoms with Gasteiger partial charge in [0.15, 0.2) is 0 Å². The van der Waals surface area contributed by atoms with Crippen molar-refractivity contribution in [2.75, 3.05) is 5.32 Å². The van der Waals surface area contributed by atoms with Crippen LogP contribution in [-0.4, -0.2) is 26.8 Å². The molecule has 2 aromatic carbocycles. The third-order valence-electron chi connectivity index (χ3n) is 7.35. The second-order valence-corrected chi connectivity index (χ2v) is 9.76. The summed E-state index contributed by atoms with van der Waals surface area (Å²) in [5.74, 6) is -0.269. The zero-order valence-electron chi connectivity index (χ0n) is 20.2. The summed E-state index contributed by atoms with van der Waals surface area (Å²) in [4.78, 5) is 24.3. The van der Waals surface area contributed by atoms with Crippen LogP contribution in [0.15, 0.2) is 48.8 Å². The molecule has 184 valence electrons.